The number of hydrogen-bond acceptors (Lipinski definition) is 3. The molecule has 0 saturated heterocycles. The number of nitrogens with zero attached hydrogens (tertiary/aromatic N) is 1. The molecule has 0 aliphatic carbocycles. The van der Waals surface area contributed by atoms with E-state index in [2.05, 4.69) is 21.2 Å². The minimum atomic E-state index is -3.28. The number of amides is 1. The topological polar surface area (TPSA) is 66.5 Å². The number of sulfonamides is 1. The van der Waals surface area contributed by atoms with Gasteiger partial charge in [0.05, 0.1) is 11.9 Å². The van der Waals surface area contributed by atoms with Gasteiger partial charge in [0.2, 0.25) is 10.0 Å². The lowest BCUT2D eigenvalue weighted by molar-refractivity contribution is 0.102. The summed E-state index contributed by atoms with van der Waals surface area (Å²) >= 11 is 3.43. The molecule has 1 amide bonds. The van der Waals surface area contributed by atoms with Gasteiger partial charge in [0.1, 0.15) is 0 Å². The van der Waals surface area contributed by atoms with Crippen LogP contribution in [0.3, 0.4) is 0 Å². The molecule has 0 saturated carbocycles. The van der Waals surface area contributed by atoms with Crippen molar-refractivity contribution in [3.8, 4) is 0 Å². The maximum absolute atomic E-state index is 12.4. The fraction of sp³-hybridized carbons (Fsp3) is 0.235. The van der Waals surface area contributed by atoms with Crippen molar-refractivity contribution < 1.29 is 13.2 Å². The van der Waals surface area contributed by atoms with Gasteiger partial charge in [0.15, 0.2) is 0 Å². The maximum Gasteiger partial charge on any atom is 0.255 e. The molecular formula is C17H17BrN2O3S. The first kappa shape index (κ1) is 17.0. The van der Waals surface area contributed by atoms with Crippen LogP contribution in [0.1, 0.15) is 21.5 Å². The van der Waals surface area contributed by atoms with Crippen LogP contribution < -0.4 is 9.62 Å². The molecule has 2 aromatic rings. The van der Waals surface area contributed by atoms with Gasteiger partial charge in [-0.05, 0) is 60.9 Å². The third-order valence-corrected chi connectivity index (χ3v) is 6.08. The van der Waals surface area contributed by atoms with Gasteiger partial charge in [0, 0.05) is 22.3 Å². The Morgan fingerprint density at radius 1 is 1.21 bits per heavy atom. The normalized spacial score (nSPS) is 13.7. The Hall–Kier alpha value is -1.86. The van der Waals surface area contributed by atoms with Crippen LogP contribution in [0, 0.1) is 6.92 Å². The summed E-state index contributed by atoms with van der Waals surface area (Å²) in [5.41, 5.74) is 3.81. The number of benzene rings is 2. The van der Waals surface area contributed by atoms with E-state index < -0.39 is 10.0 Å². The quantitative estimate of drug-likeness (QED) is 0.846. The van der Waals surface area contributed by atoms with Crippen molar-refractivity contribution in [2.24, 2.45) is 0 Å². The summed E-state index contributed by atoms with van der Waals surface area (Å²) in [4.78, 5) is 12.4. The van der Waals surface area contributed by atoms with Crippen LogP contribution in [0.25, 0.3) is 0 Å². The summed E-state index contributed by atoms with van der Waals surface area (Å²) in [5.74, 6) is -0.211. The smallest absolute Gasteiger partial charge is 0.255 e. The van der Waals surface area contributed by atoms with Crippen LogP contribution in [0.5, 0.6) is 0 Å². The highest BCUT2D eigenvalue weighted by Gasteiger charge is 2.26. The molecule has 0 spiro atoms. The minimum Gasteiger partial charge on any atom is -0.322 e. The summed E-state index contributed by atoms with van der Waals surface area (Å²) < 4.78 is 25.9. The van der Waals surface area contributed by atoms with E-state index in [0.29, 0.717) is 24.2 Å². The summed E-state index contributed by atoms with van der Waals surface area (Å²) in [6, 6.07) is 10.7. The first-order valence-electron chi connectivity index (χ1n) is 7.44. The highest BCUT2D eigenvalue weighted by Crippen LogP contribution is 2.31. The maximum atomic E-state index is 12.4. The van der Waals surface area contributed by atoms with Crippen LogP contribution >= 0.6 is 15.9 Å². The molecule has 7 heteroatoms. The van der Waals surface area contributed by atoms with E-state index in [-0.39, 0.29) is 5.91 Å². The first-order valence-corrected chi connectivity index (χ1v) is 10.1. The molecule has 2 aromatic carbocycles. The van der Waals surface area contributed by atoms with Crippen molar-refractivity contribution in [3.05, 3.63) is 57.6 Å². The fourth-order valence-corrected chi connectivity index (χ4v) is 3.99. The SMILES string of the molecule is Cc1cc(NC(=O)c2ccc3c(c2)CCN3S(C)(=O)=O)ccc1Br. The molecule has 0 fully saturated rings. The van der Waals surface area contributed by atoms with Gasteiger partial charge in [-0.25, -0.2) is 8.42 Å². The summed E-state index contributed by atoms with van der Waals surface area (Å²) in [5, 5.41) is 2.87. The van der Waals surface area contributed by atoms with E-state index >= 15 is 0 Å². The molecule has 0 unspecified atom stereocenters. The molecule has 0 bridgehead atoms. The second-order valence-electron chi connectivity index (χ2n) is 5.85. The average molecular weight is 409 g/mol. The van der Waals surface area contributed by atoms with Crippen molar-refractivity contribution in [2.75, 3.05) is 22.4 Å². The lowest BCUT2D eigenvalue weighted by atomic mass is 10.1. The second kappa shape index (κ2) is 6.22. The van der Waals surface area contributed by atoms with Crippen LogP contribution in [0.15, 0.2) is 40.9 Å². The lowest BCUT2D eigenvalue weighted by Gasteiger charge is -2.16. The number of anilines is 2. The predicted molar refractivity (Wildman–Crippen MR) is 99.2 cm³/mol. The minimum absolute atomic E-state index is 0.211. The fourth-order valence-electron chi connectivity index (χ4n) is 2.78. The van der Waals surface area contributed by atoms with Gasteiger partial charge >= 0.3 is 0 Å². The predicted octanol–water partition coefficient (Wildman–Crippen LogP) is 3.33. The van der Waals surface area contributed by atoms with E-state index in [9.17, 15) is 13.2 Å². The molecular weight excluding hydrogens is 392 g/mol. The van der Waals surface area contributed by atoms with Crippen molar-refractivity contribution in [1.29, 1.82) is 0 Å². The number of nitrogens with one attached hydrogen (secondary N) is 1. The Balaban J connectivity index is 1.83. The van der Waals surface area contributed by atoms with Crippen LogP contribution in [0.2, 0.25) is 0 Å². The van der Waals surface area contributed by atoms with Gasteiger partial charge in [-0.15, -0.1) is 0 Å². The van der Waals surface area contributed by atoms with Crippen molar-refractivity contribution >= 4 is 43.2 Å². The van der Waals surface area contributed by atoms with E-state index in [1.165, 1.54) is 10.6 Å². The third-order valence-electron chi connectivity index (χ3n) is 4.01. The molecule has 3 rings (SSSR count). The Morgan fingerprint density at radius 3 is 2.62 bits per heavy atom. The van der Waals surface area contributed by atoms with Crippen molar-refractivity contribution in [2.45, 2.75) is 13.3 Å². The van der Waals surface area contributed by atoms with Gasteiger partial charge in [-0.2, -0.15) is 0 Å². The number of carbonyl (C=O) groups excluding carboxylic acids is 1. The molecule has 5 nitrogen and oxygen atoms in total. The Morgan fingerprint density at radius 2 is 1.96 bits per heavy atom. The first-order chi connectivity index (χ1) is 11.3. The van der Waals surface area contributed by atoms with E-state index in [4.69, 9.17) is 0 Å². The number of rotatable bonds is 3. The van der Waals surface area contributed by atoms with E-state index in [0.717, 1.165) is 21.3 Å². The molecule has 0 atom stereocenters. The largest absolute Gasteiger partial charge is 0.322 e. The number of hydrogen-bond donors (Lipinski definition) is 1. The number of carbonyl (C=O) groups is 1. The number of halogens is 1. The summed E-state index contributed by atoms with van der Waals surface area (Å²) in [7, 11) is -3.28. The van der Waals surface area contributed by atoms with Crippen molar-refractivity contribution in [1.82, 2.24) is 0 Å². The molecule has 0 radical (unpaired) electrons. The standard InChI is InChI=1S/C17H17BrN2O3S/c1-11-9-14(4-5-15(11)18)19-17(21)13-3-6-16-12(10-13)7-8-20(16)24(2,22)23/h3-6,9-10H,7-8H2,1-2H3,(H,19,21). The van der Waals surface area contributed by atoms with Gasteiger partial charge in [-0.1, -0.05) is 15.9 Å². The zero-order chi connectivity index (χ0) is 17.5. The Bertz CT molecular complexity index is 925. The van der Waals surface area contributed by atoms with E-state index in [1.807, 2.05) is 25.1 Å². The van der Waals surface area contributed by atoms with Gasteiger partial charge < -0.3 is 5.32 Å². The molecule has 1 N–H and O–H groups in total. The highest BCUT2D eigenvalue weighted by molar-refractivity contribution is 9.10. The zero-order valence-electron chi connectivity index (χ0n) is 13.3. The average Bonchev–Trinajstić information content (AvgIpc) is 2.94. The zero-order valence-corrected chi connectivity index (χ0v) is 15.7. The summed E-state index contributed by atoms with van der Waals surface area (Å²) in [6.07, 6.45) is 1.81. The van der Waals surface area contributed by atoms with Crippen LogP contribution in [-0.2, 0) is 16.4 Å². The summed E-state index contributed by atoms with van der Waals surface area (Å²) in [6.45, 7) is 2.38. The van der Waals surface area contributed by atoms with Crippen molar-refractivity contribution in [3.63, 3.8) is 0 Å². The van der Waals surface area contributed by atoms with E-state index in [1.54, 1.807) is 18.2 Å². The van der Waals surface area contributed by atoms with Crippen LogP contribution in [0.4, 0.5) is 11.4 Å². The molecule has 0 aromatic heterocycles. The van der Waals surface area contributed by atoms with Gasteiger partial charge in [-0.3, -0.25) is 9.10 Å². The number of fused-ring (bicyclic) bond motifs is 1. The molecule has 1 heterocycles. The Kier molecular flexibility index (Phi) is 4.40. The Labute approximate surface area is 149 Å². The molecule has 126 valence electrons. The number of aryl methyl sites for hydroxylation is 1. The highest BCUT2D eigenvalue weighted by atomic mass is 79.9. The second-order valence-corrected chi connectivity index (χ2v) is 8.61. The third kappa shape index (κ3) is 3.32. The monoisotopic (exact) mass is 408 g/mol. The molecule has 1 aliphatic heterocycles. The molecule has 24 heavy (non-hydrogen) atoms. The van der Waals surface area contributed by atoms with Crippen LogP contribution in [-0.4, -0.2) is 27.1 Å². The van der Waals surface area contributed by atoms with Gasteiger partial charge in [0.25, 0.3) is 5.91 Å². The molecule has 1 aliphatic rings. The lowest BCUT2D eigenvalue weighted by Crippen LogP contribution is -2.27.